The van der Waals surface area contributed by atoms with Crippen molar-refractivity contribution < 1.29 is 0 Å². The van der Waals surface area contributed by atoms with Crippen LogP contribution in [0.5, 0.6) is 0 Å². The number of anilines is 1. The van der Waals surface area contributed by atoms with Crippen molar-refractivity contribution in [3.63, 3.8) is 0 Å². The molecule has 0 unspecified atom stereocenters. The molecule has 3 heterocycles. The molecule has 1 fully saturated rings. The van der Waals surface area contributed by atoms with E-state index in [0.29, 0.717) is 23.6 Å². The summed E-state index contributed by atoms with van der Waals surface area (Å²) < 4.78 is 3.38. The molecule has 1 N–H and O–H groups in total. The van der Waals surface area contributed by atoms with E-state index in [1.807, 2.05) is 10.6 Å². The molecular formula is C22H30N6O2. The molecule has 0 atom stereocenters. The van der Waals surface area contributed by atoms with Gasteiger partial charge in [0.05, 0.1) is 6.54 Å². The number of benzene rings is 1. The van der Waals surface area contributed by atoms with Gasteiger partial charge in [0.25, 0.3) is 5.56 Å². The predicted molar refractivity (Wildman–Crippen MR) is 119 cm³/mol. The van der Waals surface area contributed by atoms with Crippen LogP contribution in [0.15, 0.2) is 33.9 Å². The van der Waals surface area contributed by atoms with E-state index in [4.69, 9.17) is 4.98 Å². The third-order valence-electron chi connectivity index (χ3n) is 5.69. The highest BCUT2D eigenvalue weighted by Crippen LogP contribution is 2.23. The molecule has 1 aliphatic heterocycles. The first kappa shape index (κ1) is 20.4. The van der Waals surface area contributed by atoms with E-state index in [1.54, 1.807) is 7.05 Å². The average molecular weight is 411 g/mol. The summed E-state index contributed by atoms with van der Waals surface area (Å²) >= 11 is 0. The molecule has 8 nitrogen and oxygen atoms in total. The first-order chi connectivity index (χ1) is 14.3. The second-order valence-electron chi connectivity index (χ2n) is 8.66. The highest BCUT2D eigenvalue weighted by Gasteiger charge is 2.25. The topological polar surface area (TPSA) is 79.2 Å². The van der Waals surface area contributed by atoms with Gasteiger partial charge in [0.2, 0.25) is 5.95 Å². The molecule has 1 aliphatic rings. The standard InChI is InChI=1S/C22H30N6O2/c1-15(2)13-26-8-10-27(11-9-26)21-23-19-18(20(29)24-22(30)25(19)4)28(21)14-17-7-5-6-16(3)12-17/h5-7,12,15H,8-11,13-14H2,1-4H3,(H,24,29,30). The number of piperazine rings is 1. The number of hydrogen-bond acceptors (Lipinski definition) is 5. The quantitative estimate of drug-likeness (QED) is 0.691. The van der Waals surface area contributed by atoms with Gasteiger partial charge in [-0.05, 0) is 18.4 Å². The largest absolute Gasteiger partial charge is 0.340 e. The van der Waals surface area contributed by atoms with E-state index in [2.05, 4.69) is 53.8 Å². The van der Waals surface area contributed by atoms with Crippen LogP contribution in [0.4, 0.5) is 5.95 Å². The van der Waals surface area contributed by atoms with Gasteiger partial charge in [0.1, 0.15) is 0 Å². The molecule has 30 heavy (non-hydrogen) atoms. The minimum absolute atomic E-state index is 0.391. The van der Waals surface area contributed by atoms with Crippen LogP contribution < -0.4 is 16.1 Å². The van der Waals surface area contributed by atoms with Crippen molar-refractivity contribution in [1.29, 1.82) is 0 Å². The minimum atomic E-state index is -0.444. The SMILES string of the molecule is Cc1cccc(Cn2c(N3CCN(CC(C)C)CC3)nc3c2c(=O)[nH]c(=O)n3C)c1. The summed E-state index contributed by atoms with van der Waals surface area (Å²) in [6.07, 6.45) is 0. The highest BCUT2D eigenvalue weighted by atomic mass is 16.2. The van der Waals surface area contributed by atoms with Crippen molar-refractivity contribution >= 4 is 17.1 Å². The van der Waals surface area contributed by atoms with Gasteiger partial charge in [-0.25, -0.2) is 4.79 Å². The van der Waals surface area contributed by atoms with Crippen LogP contribution in [0, 0.1) is 12.8 Å². The molecule has 1 saturated heterocycles. The zero-order chi connectivity index (χ0) is 21.4. The number of H-pyrrole nitrogens is 1. The summed E-state index contributed by atoms with van der Waals surface area (Å²) in [4.78, 5) is 36.8. The Balaban J connectivity index is 1.77. The Labute approximate surface area is 175 Å². The molecule has 0 bridgehead atoms. The number of nitrogens with one attached hydrogen (secondary N) is 1. The number of nitrogens with zero attached hydrogens (tertiary/aromatic N) is 5. The van der Waals surface area contributed by atoms with E-state index >= 15 is 0 Å². The first-order valence-electron chi connectivity index (χ1n) is 10.6. The minimum Gasteiger partial charge on any atom is -0.340 e. The Bertz CT molecular complexity index is 1160. The Morgan fingerprint density at radius 2 is 1.87 bits per heavy atom. The Kier molecular flexibility index (Phi) is 5.51. The fourth-order valence-electron chi connectivity index (χ4n) is 4.25. The molecule has 0 amide bonds. The monoisotopic (exact) mass is 410 g/mol. The average Bonchev–Trinajstić information content (AvgIpc) is 3.06. The maximum Gasteiger partial charge on any atom is 0.329 e. The molecule has 0 radical (unpaired) electrons. The second kappa shape index (κ2) is 8.10. The van der Waals surface area contributed by atoms with Gasteiger partial charge in [-0.1, -0.05) is 43.7 Å². The predicted octanol–water partition coefficient (Wildman–Crippen LogP) is 1.56. The molecule has 0 aliphatic carbocycles. The van der Waals surface area contributed by atoms with E-state index < -0.39 is 11.2 Å². The van der Waals surface area contributed by atoms with Crippen molar-refractivity contribution in [3.05, 3.63) is 56.2 Å². The zero-order valence-corrected chi connectivity index (χ0v) is 18.2. The first-order valence-corrected chi connectivity index (χ1v) is 10.6. The molecule has 0 spiro atoms. The van der Waals surface area contributed by atoms with Crippen LogP contribution in [-0.4, -0.2) is 56.7 Å². The van der Waals surface area contributed by atoms with Gasteiger partial charge in [-0.3, -0.25) is 23.8 Å². The highest BCUT2D eigenvalue weighted by molar-refractivity contribution is 5.74. The van der Waals surface area contributed by atoms with Crippen molar-refractivity contribution in [3.8, 4) is 0 Å². The zero-order valence-electron chi connectivity index (χ0n) is 18.2. The lowest BCUT2D eigenvalue weighted by Crippen LogP contribution is -2.48. The Hall–Kier alpha value is -2.87. The molecule has 160 valence electrons. The normalized spacial score (nSPS) is 15.4. The number of aryl methyl sites for hydroxylation is 2. The third-order valence-corrected chi connectivity index (χ3v) is 5.69. The summed E-state index contributed by atoms with van der Waals surface area (Å²) in [5.41, 5.74) is 2.30. The van der Waals surface area contributed by atoms with Crippen molar-refractivity contribution in [2.24, 2.45) is 13.0 Å². The van der Waals surface area contributed by atoms with Crippen LogP contribution in [0.3, 0.4) is 0 Å². The number of fused-ring (bicyclic) bond motifs is 1. The molecule has 8 heteroatoms. The summed E-state index contributed by atoms with van der Waals surface area (Å²) in [7, 11) is 1.65. The van der Waals surface area contributed by atoms with Crippen LogP contribution >= 0.6 is 0 Å². The third kappa shape index (κ3) is 3.92. The van der Waals surface area contributed by atoms with Crippen LogP contribution in [0.2, 0.25) is 0 Å². The van der Waals surface area contributed by atoms with Crippen LogP contribution in [0.1, 0.15) is 25.0 Å². The van der Waals surface area contributed by atoms with Crippen LogP contribution in [0.25, 0.3) is 11.2 Å². The number of hydrogen-bond donors (Lipinski definition) is 1. The number of rotatable bonds is 5. The van der Waals surface area contributed by atoms with Gasteiger partial charge in [-0.2, -0.15) is 4.98 Å². The molecule has 0 saturated carbocycles. The van der Waals surface area contributed by atoms with E-state index in [0.717, 1.165) is 44.2 Å². The lowest BCUT2D eigenvalue weighted by Gasteiger charge is -2.36. The molecule has 4 rings (SSSR count). The Morgan fingerprint density at radius 1 is 1.13 bits per heavy atom. The van der Waals surface area contributed by atoms with Gasteiger partial charge in [-0.15, -0.1) is 0 Å². The second-order valence-corrected chi connectivity index (χ2v) is 8.66. The summed E-state index contributed by atoms with van der Waals surface area (Å²) in [6, 6.07) is 8.25. The van der Waals surface area contributed by atoms with E-state index in [9.17, 15) is 9.59 Å². The number of imidazole rings is 1. The molecule has 1 aromatic carbocycles. The van der Waals surface area contributed by atoms with Crippen molar-refractivity contribution in [2.75, 3.05) is 37.6 Å². The maximum absolute atomic E-state index is 12.7. The summed E-state index contributed by atoms with van der Waals surface area (Å²) in [6.45, 7) is 11.7. The fourth-order valence-corrected chi connectivity index (χ4v) is 4.25. The summed E-state index contributed by atoms with van der Waals surface area (Å²) in [5.74, 6) is 1.39. The van der Waals surface area contributed by atoms with E-state index in [-0.39, 0.29) is 0 Å². The van der Waals surface area contributed by atoms with Gasteiger partial charge < -0.3 is 4.90 Å². The van der Waals surface area contributed by atoms with Crippen molar-refractivity contribution in [1.82, 2.24) is 24.0 Å². The van der Waals surface area contributed by atoms with Gasteiger partial charge >= 0.3 is 5.69 Å². The fraction of sp³-hybridized carbons (Fsp3) is 0.500. The number of aromatic nitrogens is 4. The molecular weight excluding hydrogens is 380 g/mol. The van der Waals surface area contributed by atoms with E-state index in [1.165, 1.54) is 10.1 Å². The lowest BCUT2D eigenvalue weighted by atomic mass is 10.1. The molecule has 3 aromatic rings. The van der Waals surface area contributed by atoms with Gasteiger partial charge in [0.15, 0.2) is 11.2 Å². The Morgan fingerprint density at radius 3 is 2.53 bits per heavy atom. The van der Waals surface area contributed by atoms with Gasteiger partial charge in [0, 0.05) is 39.8 Å². The van der Waals surface area contributed by atoms with Crippen molar-refractivity contribution in [2.45, 2.75) is 27.3 Å². The van der Waals surface area contributed by atoms with Crippen LogP contribution in [-0.2, 0) is 13.6 Å². The number of aromatic amines is 1. The maximum atomic E-state index is 12.7. The molecule has 2 aromatic heterocycles. The lowest BCUT2D eigenvalue weighted by molar-refractivity contribution is 0.230. The summed E-state index contributed by atoms with van der Waals surface area (Å²) in [5, 5.41) is 0. The smallest absolute Gasteiger partial charge is 0.329 e.